The monoisotopic (exact) mass is 326 g/mol. The molecule has 2 aromatic rings. The molecular weight excluding hydrogens is 314 g/mol. The van der Waals surface area contributed by atoms with Crippen LogP contribution < -0.4 is 5.32 Å². The fraction of sp³-hybridized carbons (Fsp3) is 0.214. The van der Waals surface area contributed by atoms with Crippen LogP contribution >= 0.6 is 15.9 Å². The first kappa shape index (κ1) is 14.1. The molecule has 2 rings (SSSR count). The highest BCUT2D eigenvalue weighted by Crippen LogP contribution is 2.26. The Morgan fingerprint density at radius 1 is 1.21 bits per heavy atom. The number of likely N-dealkylation sites (N-methyl/N-ethyl adjacent to an activating group) is 1. The largest absolute Gasteiger partial charge is 0.313 e. The summed E-state index contributed by atoms with van der Waals surface area (Å²) in [6, 6.07) is 6.13. The maximum absolute atomic E-state index is 13.9. The zero-order valence-corrected chi connectivity index (χ0v) is 11.9. The third kappa shape index (κ3) is 3.16. The molecule has 1 aromatic heterocycles. The summed E-state index contributed by atoms with van der Waals surface area (Å²) in [4.78, 5) is 3.93. The van der Waals surface area contributed by atoms with E-state index in [4.69, 9.17) is 0 Å². The SMILES string of the molecule is CNC(Cc1c(F)ccc(Br)c1F)c1ccncc1. The van der Waals surface area contributed by atoms with Gasteiger partial charge in [0.1, 0.15) is 11.6 Å². The second-order valence-electron chi connectivity index (χ2n) is 4.15. The summed E-state index contributed by atoms with van der Waals surface area (Å²) in [5.74, 6) is -1.08. The molecule has 0 radical (unpaired) electrons. The van der Waals surface area contributed by atoms with Crippen LogP contribution in [0.5, 0.6) is 0 Å². The van der Waals surface area contributed by atoms with E-state index in [2.05, 4.69) is 26.2 Å². The molecule has 0 aliphatic carbocycles. The van der Waals surface area contributed by atoms with Gasteiger partial charge in [0, 0.05) is 24.0 Å². The second-order valence-corrected chi connectivity index (χ2v) is 5.00. The molecule has 100 valence electrons. The maximum Gasteiger partial charge on any atom is 0.143 e. The topological polar surface area (TPSA) is 24.9 Å². The van der Waals surface area contributed by atoms with Gasteiger partial charge < -0.3 is 5.32 Å². The van der Waals surface area contributed by atoms with Crippen molar-refractivity contribution in [1.82, 2.24) is 10.3 Å². The molecule has 2 nitrogen and oxygen atoms in total. The number of hydrogen-bond acceptors (Lipinski definition) is 2. The van der Waals surface area contributed by atoms with Crippen molar-refractivity contribution in [2.75, 3.05) is 7.05 Å². The molecule has 0 spiro atoms. The summed E-state index contributed by atoms with van der Waals surface area (Å²) >= 11 is 3.08. The smallest absolute Gasteiger partial charge is 0.143 e. The second kappa shape index (κ2) is 6.21. The lowest BCUT2D eigenvalue weighted by Crippen LogP contribution is -2.20. The van der Waals surface area contributed by atoms with Gasteiger partial charge in [-0.3, -0.25) is 4.98 Å². The van der Waals surface area contributed by atoms with E-state index in [9.17, 15) is 8.78 Å². The Labute approximate surface area is 119 Å². The Bertz CT molecular complexity index is 561. The Morgan fingerprint density at radius 2 is 1.89 bits per heavy atom. The number of rotatable bonds is 4. The Hall–Kier alpha value is -1.33. The van der Waals surface area contributed by atoms with Crippen LogP contribution in [0.1, 0.15) is 17.2 Å². The molecule has 1 unspecified atom stereocenters. The van der Waals surface area contributed by atoms with Gasteiger partial charge in [0.2, 0.25) is 0 Å². The minimum atomic E-state index is -0.547. The lowest BCUT2D eigenvalue weighted by Gasteiger charge is -2.17. The van der Waals surface area contributed by atoms with Gasteiger partial charge >= 0.3 is 0 Å². The molecule has 1 aromatic carbocycles. The van der Waals surface area contributed by atoms with Crippen molar-refractivity contribution < 1.29 is 8.78 Å². The highest BCUT2D eigenvalue weighted by atomic mass is 79.9. The van der Waals surface area contributed by atoms with Crippen LogP contribution in [0.2, 0.25) is 0 Å². The van der Waals surface area contributed by atoms with Gasteiger partial charge in [0.05, 0.1) is 4.47 Å². The molecule has 1 N–H and O–H groups in total. The average molecular weight is 327 g/mol. The highest BCUT2D eigenvalue weighted by molar-refractivity contribution is 9.10. The lowest BCUT2D eigenvalue weighted by molar-refractivity contribution is 0.512. The van der Waals surface area contributed by atoms with E-state index in [0.717, 1.165) is 5.56 Å². The number of aromatic nitrogens is 1. The van der Waals surface area contributed by atoms with Gasteiger partial charge in [0.25, 0.3) is 0 Å². The van der Waals surface area contributed by atoms with Crippen LogP contribution in [0, 0.1) is 11.6 Å². The number of pyridine rings is 1. The van der Waals surface area contributed by atoms with Crippen LogP contribution in [-0.2, 0) is 6.42 Å². The number of nitrogens with zero attached hydrogens (tertiary/aromatic N) is 1. The van der Waals surface area contributed by atoms with Crippen molar-refractivity contribution in [2.24, 2.45) is 0 Å². The van der Waals surface area contributed by atoms with Crippen molar-refractivity contribution >= 4 is 15.9 Å². The molecule has 1 heterocycles. The summed E-state index contributed by atoms with van der Waals surface area (Å²) in [5.41, 5.74) is 1.02. The van der Waals surface area contributed by atoms with Crippen LogP contribution in [-0.4, -0.2) is 12.0 Å². The lowest BCUT2D eigenvalue weighted by atomic mass is 9.99. The normalized spacial score (nSPS) is 12.4. The number of hydrogen-bond donors (Lipinski definition) is 1. The Balaban J connectivity index is 2.32. The summed E-state index contributed by atoms with van der Waals surface area (Å²) in [6.07, 6.45) is 3.55. The van der Waals surface area contributed by atoms with Gasteiger partial charge in [-0.25, -0.2) is 8.78 Å². The molecule has 0 aliphatic heterocycles. The molecule has 5 heteroatoms. The van der Waals surface area contributed by atoms with E-state index in [-0.39, 0.29) is 22.5 Å². The highest BCUT2D eigenvalue weighted by Gasteiger charge is 2.18. The van der Waals surface area contributed by atoms with E-state index >= 15 is 0 Å². The van der Waals surface area contributed by atoms with E-state index in [1.54, 1.807) is 19.4 Å². The van der Waals surface area contributed by atoms with E-state index in [0.29, 0.717) is 0 Å². The summed E-state index contributed by atoms with van der Waals surface area (Å²) < 4.78 is 28.0. The third-order valence-electron chi connectivity index (χ3n) is 3.00. The minimum absolute atomic E-state index is 0.0746. The summed E-state index contributed by atoms with van der Waals surface area (Å²) in [7, 11) is 1.76. The van der Waals surface area contributed by atoms with Crippen molar-refractivity contribution in [3.05, 3.63) is 63.9 Å². The number of benzene rings is 1. The third-order valence-corrected chi connectivity index (χ3v) is 3.62. The molecule has 0 aliphatic rings. The number of halogens is 3. The zero-order valence-electron chi connectivity index (χ0n) is 10.3. The average Bonchev–Trinajstić information content (AvgIpc) is 2.44. The predicted molar refractivity (Wildman–Crippen MR) is 73.8 cm³/mol. The Kier molecular flexibility index (Phi) is 4.61. The fourth-order valence-corrected chi connectivity index (χ4v) is 2.31. The van der Waals surface area contributed by atoms with Gasteiger partial charge in [-0.15, -0.1) is 0 Å². The zero-order chi connectivity index (χ0) is 13.8. The first-order chi connectivity index (χ1) is 9.13. The number of nitrogens with one attached hydrogen (secondary N) is 1. The standard InChI is InChI=1S/C14H13BrF2N2/c1-18-13(9-4-6-19-7-5-9)8-10-12(16)3-2-11(15)14(10)17/h2-7,13,18H,8H2,1H3. The molecule has 0 saturated carbocycles. The molecule has 19 heavy (non-hydrogen) atoms. The van der Waals surface area contributed by atoms with Crippen LogP contribution in [0.25, 0.3) is 0 Å². The summed E-state index contributed by atoms with van der Waals surface area (Å²) in [6.45, 7) is 0. The first-order valence-corrected chi connectivity index (χ1v) is 6.62. The van der Waals surface area contributed by atoms with E-state index < -0.39 is 11.6 Å². The van der Waals surface area contributed by atoms with Crippen LogP contribution in [0.4, 0.5) is 8.78 Å². The van der Waals surface area contributed by atoms with E-state index in [1.807, 2.05) is 12.1 Å². The van der Waals surface area contributed by atoms with Crippen molar-refractivity contribution in [3.8, 4) is 0 Å². The fourth-order valence-electron chi connectivity index (χ4n) is 1.94. The maximum atomic E-state index is 13.9. The molecule has 0 bridgehead atoms. The van der Waals surface area contributed by atoms with Gasteiger partial charge in [-0.2, -0.15) is 0 Å². The van der Waals surface area contributed by atoms with Crippen molar-refractivity contribution in [2.45, 2.75) is 12.5 Å². The van der Waals surface area contributed by atoms with Crippen molar-refractivity contribution in [1.29, 1.82) is 0 Å². The van der Waals surface area contributed by atoms with Crippen molar-refractivity contribution in [3.63, 3.8) is 0 Å². The van der Waals surface area contributed by atoms with E-state index in [1.165, 1.54) is 12.1 Å². The van der Waals surface area contributed by atoms with Crippen LogP contribution in [0.3, 0.4) is 0 Å². The predicted octanol–water partition coefficient (Wildman–Crippen LogP) is 3.63. The molecule has 1 atom stereocenters. The molecule has 0 fully saturated rings. The quantitative estimate of drug-likeness (QED) is 0.868. The minimum Gasteiger partial charge on any atom is -0.313 e. The molecule has 0 amide bonds. The summed E-state index contributed by atoms with van der Waals surface area (Å²) in [5, 5.41) is 3.06. The molecular formula is C14H13BrF2N2. The first-order valence-electron chi connectivity index (χ1n) is 5.83. The van der Waals surface area contributed by atoms with Crippen LogP contribution in [0.15, 0.2) is 41.1 Å². The van der Waals surface area contributed by atoms with Gasteiger partial charge in [-0.1, -0.05) is 0 Å². The molecule has 0 saturated heterocycles. The van der Waals surface area contributed by atoms with Gasteiger partial charge in [0.15, 0.2) is 0 Å². The Morgan fingerprint density at radius 3 is 2.53 bits per heavy atom. The van der Waals surface area contributed by atoms with Gasteiger partial charge in [-0.05, 0) is 59.2 Å².